The van der Waals surface area contributed by atoms with Crippen LogP contribution in [0.1, 0.15) is 25.0 Å². The summed E-state index contributed by atoms with van der Waals surface area (Å²) in [5.41, 5.74) is 2.91. The van der Waals surface area contributed by atoms with Crippen molar-refractivity contribution in [2.45, 2.75) is 45.0 Å². The van der Waals surface area contributed by atoms with Gasteiger partial charge in [0, 0.05) is 38.3 Å². The van der Waals surface area contributed by atoms with E-state index in [2.05, 4.69) is 47.9 Å². The summed E-state index contributed by atoms with van der Waals surface area (Å²) in [6.45, 7) is 8.30. The van der Waals surface area contributed by atoms with E-state index in [1.807, 2.05) is 0 Å². The van der Waals surface area contributed by atoms with Gasteiger partial charge in [-0.15, -0.1) is 0 Å². The highest BCUT2D eigenvalue weighted by atomic mass is 16.3. The molecule has 1 fully saturated rings. The molecule has 1 aromatic carbocycles. The van der Waals surface area contributed by atoms with E-state index < -0.39 is 0 Å². The lowest BCUT2D eigenvalue weighted by Gasteiger charge is -2.35. The zero-order valence-corrected chi connectivity index (χ0v) is 11.9. The minimum absolute atomic E-state index is 0.201. The first kappa shape index (κ1) is 13.1. The SMILES string of the molecule is CC(C)N1C[C@@H](O)[C@H](N2CCc3ccccc3C2)C1. The van der Waals surface area contributed by atoms with Crippen molar-refractivity contribution >= 4 is 0 Å². The van der Waals surface area contributed by atoms with E-state index in [1.165, 1.54) is 11.1 Å². The Balaban J connectivity index is 1.71. The van der Waals surface area contributed by atoms with E-state index in [4.69, 9.17) is 0 Å². The molecule has 3 heteroatoms. The second kappa shape index (κ2) is 5.23. The van der Waals surface area contributed by atoms with Crippen molar-refractivity contribution in [2.24, 2.45) is 0 Å². The third kappa shape index (κ3) is 2.55. The second-order valence-corrected chi connectivity index (χ2v) is 6.17. The molecular formula is C16H24N2O. The van der Waals surface area contributed by atoms with E-state index in [0.717, 1.165) is 32.6 Å². The predicted octanol–water partition coefficient (Wildman–Crippen LogP) is 1.50. The zero-order valence-electron chi connectivity index (χ0n) is 11.9. The highest BCUT2D eigenvalue weighted by Gasteiger charge is 2.37. The molecule has 2 atom stereocenters. The van der Waals surface area contributed by atoms with Crippen LogP contribution in [0.2, 0.25) is 0 Å². The van der Waals surface area contributed by atoms with Gasteiger partial charge in [0.05, 0.1) is 6.10 Å². The van der Waals surface area contributed by atoms with Crippen molar-refractivity contribution in [3.05, 3.63) is 35.4 Å². The fourth-order valence-corrected chi connectivity index (χ4v) is 3.38. The molecule has 0 aliphatic carbocycles. The summed E-state index contributed by atoms with van der Waals surface area (Å²) >= 11 is 0. The molecule has 104 valence electrons. The summed E-state index contributed by atoms with van der Waals surface area (Å²) in [5.74, 6) is 0. The first-order chi connectivity index (χ1) is 9.15. The maximum atomic E-state index is 10.3. The molecule has 2 aliphatic rings. The van der Waals surface area contributed by atoms with E-state index in [1.54, 1.807) is 0 Å². The Morgan fingerprint density at radius 2 is 1.89 bits per heavy atom. The molecule has 19 heavy (non-hydrogen) atoms. The fraction of sp³-hybridized carbons (Fsp3) is 0.625. The number of aliphatic hydroxyl groups is 1. The van der Waals surface area contributed by atoms with Gasteiger partial charge >= 0.3 is 0 Å². The van der Waals surface area contributed by atoms with Crippen molar-refractivity contribution in [3.63, 3.8) is 0 Å². The van der Waals surface area contributed by atoms with Gasteiger partial charge < -0.3 is 5.11 Å². The lowest BCUT2D eigenvalue weighted by Crippen LogP contribution is -2.45. The summed E-state index contributed by atoms with van der Waals surface area (Å²) < 4.78 is 0. The van der Waals surface area contributed by atoms with Crippen LogP contribution in [0.4, 0.5) is 0 Å². The molecular weight excluding hydrogens is 236 g/mol. The summed E-state index contributed by atoms with van der Waals surface area (Å²) in [6, 6.07) is 9.53. The van der Waals surface area contributed by atoms with Crippen LogP contribution < -0.4 is 0 Å². The monoisotopic (exact) mass is 260 g/mol. The molecule has 0 radical (unpaired) electrons. The molecule has 3 nitrogen and oxygen atoms in total. The number of aliphatic hydroxyl groups excluding tert-OH is 1. The maximum absolute atomic E-state index is 10.3. The number of hydrogen-bond acceptors (Lipinski definition) is 3. The fourth-order valence-electron chi connectivity index (χ4n) is 3.38. The molecule has 0 unspecified atom stereocenters. The molecule has 0 aromatic heterocycles. The van der Waals surface area contributed by atoms with Crippen LogP contribution in [0.5, 0.6) is 0 Å². The van der Waals surface area contributed by atoms with Gasteiger partial charge in [-0.3, -0.25) is 9.80 Å². The molecule has 3 rings (SSSR count). The summed E-state index contributed by atoms with van der Waals surface area (Å²) in [6.07, 6.45) is 0.911. The maximum Gasteiger partial charge on any atom is 0.0834 e. The largest absolute Gasteiger partial charge is 0.390 e. The Hall–Kier alpha value is -0.900. The number of likely N-dealkylation sites (tertiary alicyclic amines) is 1. The standard InChI is InChI=1S/C16H24N2O/c1-12(2)18-10-15(16(19)11-18)17-8-7-13-5-3-4-6-14(13)9-17/h3-6,12,15-16,19H,7-11H2,1-2H3/t15-,16-/m1/s1. The first-order valence-electron chi connectivity index (χ1n) is 7.38. The van der Waals surface area contributed by atoms with Gasteiger partial charge in [0.2, 0.25) is 0 Å². The molecule has 0 amide bonds. The van der Waals surface area contributed by atoms with Crippen molar-refractivity contribution < 1.29 is 5.11 Å². The molecule has 0 bridgehead atoms. The number of hydrogen-bond donors (Lipinski definition) is 1. The average Bonchev–Trinajstić information content (AvgIpc) is 2.80. The van der Waals surface area contributed by atoms with E-state index >= 15 is 0 Å². The van der Waals surface area contributed by atoms with Crippen molar-refractivity contribution in [1.29, 1.82) is 0 Å². The Bertz CT molecular complexity index is 446. The van der Waals surface area contributed by atoms with Gasteiger partial charge in [-0.1, -0.05) is 24.3 Å². The topological polar surface area (TPSA) is 26.7 Å². The minimum atomic E-state index is -0.201. The van der Waals surface area contributed by atoms with Gasteiger partial charge in [0.25, 0.3) is 0 Å². The average molecular weight is 260 g/mol. The van der Waals surface area contributed by atoms with Crippen LogP contribution in [-0.4, -0.2) is 52.7 Å². The Labute approximate surface area is 115 Å². The summed E-state index contributed by atoms with van der Waals surface area (Å²) in [5, 5.41) is 10.3. The van der Waals surface area contributed by atoms with Crippen LogP contribution in [0.25, 0.3) is 0 Å². The Kier molecular flexibility index (Phi) is 3.61. The van der Waals surface area contributed by atoms with Crippen molar-refractivity contribution in [3.8, 4) is 0 Å². The second-order valence-electron chi connectivity index (χ2n) is 6.17. The summed E-state index contributed by atoms with van der Waals surface area (Å²) in [4.78, 5) is 4.85. The normalized spacial score (nSPS) is 28.8. The molecule has 0 spiro atoms. The van der Waals surface area contributed by atoms with E-state index in [-0.39, 0.29) is 6.10 Å². The van der Waals surface area contributed by atoms with Crippen LogP contribution in [0.3, 0.4) is 0 Å². The first-order valence-corrected chi connectivity index (χ1v) is 7.38. The third-order valence-electron chi connectivity index (χ3n) is 4.65. The molecule has 1 saturated heterocycles. The number of β-amino-alcohol motifs (C(OH)–C–C–N with tert-alkyl or cyclic N) is 1. The number of nitrogens with zero attached hydrogens (tertiary/aromatic N) is 2. The molecule has 1 aromatic rings. The minimum Gasteiger partial charge on any atom is -0.390 e. The summed E-state index contributed by atoms with van der Waals surface area (Å²) in [7, 11) is 0. The van der Waals surface area contributed by atoms with Crippen LogP contribution in [0.15, 0.2) is 24.3 Å². The van der Waals surface area contributed by atoms with E-state index in [9.17, 15) is 5.11 Å². The molecule has 2 aliphatic heterocycles. The van der Waals surface area contributed by atoms with Crippen LogP contribution >= 0.6 is 0 Å². The number of rotatable bonds is 2. The lowest BCUT2D eigenvalue weighted by molar-refractivity contribution is 0.0745. The Morgan fingerprint density at radius 1 is 1.16 bits per heavy atom. The van der Waals surface area contributed by atoms with Crippen LogP contribution in [0, 0.1) is 0 Å². The quantitative estimate of drug-likeness (QED) is 0.873. The van der Waals surface area contributed by atoms with Gasteiger partial charge in [-0.05, 0) is 31.4 Å². The zero-order chi connectivity index (χ0) is 13.4. The van der Waals surface area contributed by atoms with Gasteiger partial charge in [-0.2, -0.15) is 0 Å². The molecule has 1 N–H and O–H groups in total. The van der Waals surface area contributed by atoms with Gasteiger partial charge in [-0.25, -0.2) is 0 Å². The predicted molar refractivity (Wildman–Crippen MR) is 77.1 cm³/mol. The molecule has 2 heterocycles. The highest BCUT2D eigenvalue weighted by molar-refractivity contribution is 5.29. The highest BCUT2D eigenvalue weighted by Crippen LogP contribution is 2.25. The van der Waals surface area contributed by atoms with Gasteiger partial charge in [0.1, 0.15) is 0 Å². The lowest BCUT2D eigenvalue weighted by atomic mass is 9.98. The third-order valence-corrected chi connectivity index (χ3v) is 4.65. The number of benzene rings is 1. The molecule has 0 saturated carbocycles. The van der Waals surface area contributed by atoms with Crippen LogP contribution in [-0.2, 0) is 13.0 Å². The number of fused-ring (bicyclic) bond motifs is 1. The smallest absolute Gasteiger partial charge is 0.0834 e. The Morgan fingerprint density at radius 3 is 2.58 bits per heavy atom. The van der Waals surface area contributed by atoms with E-state index in [0.29, 0.717) is 12.1 Å². The van der Waals surface area contributed by atoms with Crippen molar-refractivity contribution in [1.82, 2.24) is 9.80 Å². The van der Waals surface area contributed by atoms with Crippen molar-refractivity contribution in [2.75, 3.05) is 19.6 Å². The van der Waals surface area contributed by atoms with Gasteiger partial charge in [0.15, 0.2) is 0 Å².